The largest absolute Gasteiger partial charge is 0.451 e. The van der Waals surface area contributed by atoms with Crippen molar-refractivity contribution in [3.8, 4) is 0 Å². The fourth-order valence-corrected chi connectivity index (χ4v) is 3.26. The molecule has 0 spiro atoms. The zero-order chi connectivity index (χ0) is 20.0. The Morgan fingerprint density at radius 1 is 1.26 bits per heavy atom. The van der Waals surface area contributed by atoms with Gasteiger partial charge in [0.15, 0.2) is 6.10 Å². The number of esters is 1. The van der Waals surface area contributed by atoms with Crippen molar-refractivity contribution >= 4 is 17.8 Å². The van der Waals surface area contributed by atoms with Crippen molar-refractivity contribution in [2.24, 2.45) is 11.8 Å². The topological polar surface area (TPSA) is 84.5 Å². The maximum atomic E-state index is 13.1. The standard InChI is InChI=1S/C20H27FN2O4/c1-12-6-4-9-17(13(12)2)23-19(25)14(3)27-18(24)11-22-20(26)15-7-5-8-16(21)10-15/h5,7-8,10,12-14,17H,4,6,9,11H2,1-3H3,(H,22,26)(H,23,25)/t12-,13+,14+,17+/m0/s1. The van der Waals surface area contributed by atoms with Gasteiger partial charge >= 0.3 is 5.97 Å². The monoisotopic (exact) mass is 378 g/mol. The molecule has 7 heteroatoms. The Balaban J connectivity index is 1.77. The van der Waals surface area contributed by atoms with Crippen LogP contribution in [-0.2, 0) is 14.3 Å². The van der Waals surface area contributed by atoms with Gasteiger partial charge in [-0.2, -0.15) is 0 Å². The van der Waals surface area contributed by atoms with Crippen LogP contribution in [0.1, 0.15) is 50.4 Å². The predicted molar refractivity (Wildman–Crippen MR) is 98.4 cm³/mol. The first kappa shape index (κ1) is 20.9. The average Bonchev–Trinajstić information content (AvgIpc) is 2.63. The Labute approximate surface area is 158 Å². The van der Waals surface area contributed by atoms with E-state index in [9.17, 15) is 18.8 Å². The average molecular weight is 378 g/mol. The lowest BCUT2D eigenvalue weighted by Crippen LogP contribution is -2.48. The minimum Gasteiger partial charge on any atom is -0.451 e. The van der Waals surface area contributed by atoms with E-state index in [0.717, 1.165) is 25.3 Å². The van der Waals surface area contributed by atoms with Gasteiger partial charge in [-0.15, -0.1) is 0 Å². The highest BCUT2D eigenvalue weighted by Gasteiger charge is 2.30. The van der Waals surface area contributed by atoms with Gasteiger partial charge in [-0.05, 0) is 43.4 Å². The second-order valence-corrected chi connectivity index (χ2v) is 7.21. The fourth-order valence-electron chi connectivity index (χ4n) is 3.26. The summed E-state index contributed by atoms with van der Waals surface area (Å²) < 4.78 is 18.2. The van der Waals surface area contributed by atoms with Crippen LogP contribution in [0.2, 0.25) is 0 Å². The lowest BCUT2D eigenvalue weighted by Gasteiger charge is -2.35. The van der Waals surface area contributed by atoms with Crippen LogP contribution in [0.15, 0.2) is 24.3 Å². The van der Waals surface area contributed by atoms with Crippen molar-refractivity contribution in [1.29, 1.82) is 0 Å². The summed E-state index contributed by atoms with van der Waals surface area (Å²) in [6.07, 6.45) is 2.19. The molecule has 1 aromatic carbocycles. The van der Waals surface area contributed by atoms with E-state index in [1.54, 1.807) is 0 Å². The zero-order valence-electron chi connectivity index (χ0n) is 16.0. The van der Waals surface area contributed by atoms with Gasteiger partial charge in [-0.25, -0.2) is 4.39 Å². The van der Waals surface area contributed by atoms with Crippen LogP contribution < -0.4 is 10.6 Å². The van der Waals surface area contributed by atoms with Crippen LogP contribution in [-0.4, -0.2) is 36.5 Å². The van der Waals surface area contributed by atoms with Crippen LogP contribution in [0.25, 0.3) is 0 Å². The summed E-state index contributed by atoms with van der Waals surface area (Å²) in [6.45, 7) is 5.39. The van der Waals surface area contributed by atoms with E-state index < -0.39 is 30.3 Å². The van der Waals surface area contributed by atoms with Gasteiger partial charge in [-0.1, -0.05) is 32.8 Å². The summed E-state index contributed by atoms with van der Waals surface area (Å²) in [7, 11) is 0. The van der Waals surface area contributed by atoms with Gasteiger partial charge in [0.2, 0.25) is 0 Å². The highest BCUT2D eigenvalue weighted by Crippen LogP contribution is 2.29. The number of amides is 2. The van der Waals surface area contributed by atoms with Gasteiger partial charge in [0.1, 0.15) is 12.4 Å². The minimum absolute atomic E-state index is 0.0788. The van der Waals surface area contributed by atoms with Crippen molar-refractivity contribution in [1.82, 2.24) is 10.6 Å². The summed E-state index contributed by atoms with van der Waals surface area (Å²) in [5.74, 6) is -1.29. The van der Waals surface area contributed by atoms with Gasteiger partial charge in [-0.3, -0.25) is 14.4 Å². The molecule has 1 fully saturated rings. The van der Waals surface area contributed by atoms with E-state index in [0.29, 0.717) is 11.8 Å². The first-order valence-electron chi connectivity index (χ1n) is 9.31. The van der Waals surface area contributed by atoms with Gasteiger partial charge in [0.05, 0.1) is 0 Å². The molecule has 0 heterocycles. The van der Waals surface area contributed by atoms with Crippen molar-refractivity contribution in [3.63, 3.8) is 0 Å². The molecule has 148 valence electrons. The van der Waals surface area contributed by atoms with Crippen molar-refractivity contribution in [2.75, 3.05) is 6.54 Å². The Morgan fingerprint density at radius 3 is 2.70 bits per heavy atom. The quantitative estimate of drug-likeness (QED) is 0.745. The Morgan fingerprint density at radius 2 is 2.00 bits per heavy atom. The molecule has 2 N–H and O–H groups in total. The molecule has 0 saturated heterocycles. The number of nitrogens with one attached hydrogen (secondary N) is 2. The number of carbonyl (C=O) groups is 3. The molecule has 4 atom stereocenters. The molecular weight excluding hydrogens is 351 g/mol. The minimum atomic E-state index is -0.951. The molecule has 0 aromatic heterocycles. The fraction of sp³-hybridized carbons (Fsp3) is 0.550. The highest BCUT2D eigenvalue weighted by molar-refractivity contribution is 5.96. The first-order chi connectivity index (χ1) is 12.8. The van der Waals surface area contributed by atoms with Crippen LogP contribution in [0.5, 0.6) is 0 Å². The maximum Gasteiger partial charge on any atom is 0.326 e. The van der Waals surface area contributed by atoms with Crippen LogP contribution in [0, 0.1) is 17.7 Å². The highest BCUT2D eigenvalue weighted by atomic mass is 19.1. The summed E-state index contributed by atoms with van der Waals surface area (Å²) in [5.41, 5.74) is 0.106. The molecule has 1 aliphatic rings. The molecule has 6 nitrogen and oxygen atoms in total. The van der Waals surface area contributed by atoms with Crippen molar-refractivity contribution < 1.29 is 23.5 Å². The van der Waals surface area contributed by atoms with Crippen LogP contribution in [0.3, 0.4) is 0 Å². The molecule has 0 radical (unpaired) electrons. The number of benzene rings is 1. The lowest BCUT2D eigenvalue weighted by molar-refractivity contribution is -0.154. The van der Waals surface area contributed by atoms with Crippen molar-refractivity contribution in [3.05, 3.63) is 35.6 Å². The second-order valence-electron chi connectivity index (χ2n) is 7.21. The lowest BCUT2D eigenvalue weighted by atomic mass is 9.78. The van der Waals surface area contributed by atoms with E-state index in [1.165, 1.54) is 25.1 Å². The Hall–Kier alpha value is -2.44. The molecule has 27 heavy (non-hydrogen) atoms. The molecule has 1 aliphatic carbocycles. The molecule has 0 aliphatic heterocycles. The SMILES string of the molecule is C[C@@H]1[C@@H](C)CCC[C@H]1NC(=O)[C@@H](C)OC(=O)CNC(=O)c1cccc(F)c1. The van der Waals surface area contributed by atoms with Gasteiger partial charge < -0.3 is 15.4 Å². The third-order valence-corrected chi connectivity index (χ3v) is 5.19. The number of rotatable bonds is 6. The molecule has 2 rings (SSSR count). The maximum absolute atomic E-state index is 13.1. The van der Waals surface area contributed by atoms with E-state index in [1.807, 2.05) is 0 Å². The van der Waals surface area contributed by atoms with Crippen molar-refractivity contribution in [2.45, 2.75) is 52.2 Å². The van der Waals surface area contributed by atoms with E-state index in [2.05, 4.69) is 24.5 Å². The number of hydrogen-bond donors (Lipinski definition) is 2. The van der Waals surface area contributed by atoms with E-state index in [-0.39, 0.29) is 17.5 Å². The van der Waals surface area contributed by atoms with Crippen LogP contribution >= 0.6 is 0 Å². The first-order valence-corrected chi connectivity index (χ1v) is 9.31. The Kier molecular flexibility index (Phi) is 7.33. The molecule has 2 amide bonds. The summed E-state index contributed by atoms with van der Waals surface area (Å²) in [4.78, 5) is 36.0. The second kappa shape index (κ2) is 9.48. The number of carbonyl (C=O) groups excluding carboxylic acids is 3. The van der Waals surface area contributed by atoms with Gasteiger partial charge in [0, 0.05) is 11.6 Å². The molecule has 0 bridgehead atoms. The number of ether oxygens (including phenoxy) is 1. The molecule has 1 aromatic rings. The summed E-state index contributed by atoms with van der Waals surface area (Å²) >= 11 is 0. The van der Waals surface area contributed by atoms with E-state index in [4.69, 9.17) is 4.74 Å². The van der Waals surface area contributed by atoms with Gasteiger partial charge in [0.25, 0.3) is 11.8 Å². The zero-order valence-corrected chi connectivity index (χ0v) is 16.0. The Bertz CT molecular complexity index is 694. The number of halogens is 1. The third-order valence-electron chi connectivity index (χ3n) is 5.19. The third kappa shape index (κ3) is 6.05. The summed E-state index contributed by atoms with van der Waals surface area (Å²) in [5, 5.41) is 5.31. The summed E-state index contributed by atoms with van der Waals surface area (Å²) in [6, 6.07) is 5.21. The normalized spacial score (nSPS) is 23.2. The van der Waals surface area contributed by atoms with E-state index >= 15 is 0 Å². The van der Waals surface area contributed by atoms with Crippen LogP contribution in [0.4, 0.5) is 4.39 Å². The predicted octanol–water partition coefficient (Wildman–Crippen LogP) is 2.43. The smallest absolute Gasteiger partial charge is 0.326 e. The molecule has 1 saturated carbocycles. The molecular formula is C20H27FN2O4. The number of hydrogen-bond acceptors (Lipinski definition) is 4. The molecule has 0 unspecified atom stereocenters.